The number of aromatic amines is 1. The van der Waals surface area contributed by atoms with Gasteiger partial charge in [-0.3, -0.25) is 10.00 Å². The Morgan fingerprint density at radius 1 is 1.43 bits per heavy atom. The van der Waals surface area contributed by atoms with Gasteiger partial charge in [0.25, 0.3) is 0 Å². The molecule has 1 atom stereocenters. The first kappa shape index (κ1) is 14.4. The molecule has 2 aliphatic heterocycles. The third-order valence-electron chi connectivity index (χ3n) is 4.67. The van der Waals surface area contributed by atoms with E-state index < -0.39 is 0 Å². The molecule has 1 saturated heterocycles. The number of morpholine rings is 1. The van der Waals surface area contributed by atoms with Gasteiger partial charge >= 0.3 is 5.97 Å². The van der Waals surface area contributed by atoms with Gasteiger partial charge in [-0.1, -0.05) is 6.07 Å². The number of nitrogens with one attached hydrogen (secondary N) is 1. The Morgan fingerprint density at radius 2 is 2.35 bits per heavy atom. The van der Waals surface area contributed by atoms with E-state index in [4.69, 9.17) is 9.47 Å². The summed E-state index contributed by atoms with van der Waals surface area (Å²) in [6.45, 7) is 5.73. The van der Waals surface area contributed by atoms with E-state index in [1.807, 2.05) is 24.5 Å². The molecule has 0 spiro atoms. The van der Waals surface area contributed by atoms with E-state index in [2.05, 4.69) is 22.0 Å². The first-order valence-corrected chi connectivity index (χ1v) is 7.83. The van der Waals surface area contributed by atoms with Crippen molar-refractivity contribution in [3.63, 3.8) is 0 Å². The molecule has 6 nitrogen and oxygen atoms in total. The summed E-state index contributed by atoms with van der Waals surface area (Å²) in [6.07, 6.45) is 3.80. The highest BCUT2D eigenvalue weighted by Gasteiger charge is 2.28. The fraction of sp³-hybridized carbons (Fsp3) is 0.412. The summed E-state index contributed by atoms with van der Waals surface area (Å²) >= 11 is 0. The maximum Gasteiger partial charge on any atom is 0.338 e. The van der Waals surface area contributed by atoms with Crippen LogP contribution in [0.15, 0.2) is 24.5 Å². The van der Waals surface area contributed by atoms with Crippen molar-refractivity contribution in [2.45, 2.75) is 26.2 Å². The van der Waals surface area contributed by atoms with Crippen molar-refractivity contribution in [2.24, 2.45) is 0 Å². The van der Waals surface area contributed by atoms with Crippen molar-refractivity contribution in [1.82, 2.24) is 15.1 Å². The predicted octanol–water partition coefficient (Wildman–Crippen LogP) is 1.96. The first-order chi connectivity index (χ1) is 11.2. The maximum atomic E-state index is 11.7. The second-order valence-electron chi connectivity index (χ2n) is 6.08. The molecule has 1 fully saturated rings. The van der Waals surface area contributed by atoms with Crippen molar-refractivity contribution >= 4 is 5.97 Å². The van der Waals surface area contributed by atoms with Gasteiger partial charge in [0.05, 0.1) is 24.5 Å². The van der Waals surface area contributed by atoms with E-state index in [-0.39, 0.29) is 12.1 Å². The largest absolute Gasteiger partial charge is 0.457 e. The quantitative estimate of drug-likeness (QED) is 0.878. The zero-order chi connectivity index (χ0) is 15.8. The number of carbonyl (C=O) groups excluding carboxylic acids is 1. The lowest BCUT2D eigenvalue weighted by Gasteiger charge is -2.33. The molecule has 2 aromatic rings. The summed E-state index contributed by atoms with van der Waals surface area (Å²) in [5.74, 6) is -0.221. The summed E-state index contributed by atoms with van der Waals surface area (Å²) in [5, 5.41) is 6.85. The van der Waals surface area contributed by atoms with Crippen LogP contribution < -0.4 is 0 Å². The maximum absolute atomic E-state index is 11.7. The van der Waals surface area contributed by atoms with Crippen LogP contribution in [-0.2, 0) is 22.6 Å². The molecule has 23 heavy (non-hydrogen) atoms. The van der Waals surface area contributed by atoms with Gasteiger partial charge in [0.15, 0.2) is 0 Å². The number of rotatable bonds is 3. The highest BCUT2D eigenvalue weighted by molar-refractivity contribution is 5.93. The molecule has 0 saturated carbocycles. The van der Waals surface area contributed by atoms with Crippen molar-refractivity contribution in [3.05, 3.63) is 52.3 Å². The van der Waals surface area contributed by atoms with E-state index in [0.717, 1.165) is 36.3 Å². The number of benzene rings is 1. The van der Waals surface area contributed by atoms with Gasteiger partial charge in [0.2, 0.25) is 0 Å². The summed E-state index contributed by atoms with van der Waals surface area (Å²) in [4.78, 5) is 14.0. The van der Waals surface area contributed by atoms with E-state index in [1.165, 1.54) is 5.56 Å². The summed E-state index contributed by atoms with van der Waals surface area (Å²) in [5.41, 5.74) is 5.14. The number of hydrogen-bond donors (Lipinski definition) is 1. The topological polar surface area (TPSA) is 67.5 Å². The van der Waals surface area contributed by atoms with Gasteiger partial charge in [0.1, 0.15) is 6.61 Å². The van der Waals surface area contributed by atoms with Crippen LogP contribution in [0.5, 0.6) is 0 Å². The van der Waals surface area contributed by atoms with Gasteiger partial charge in [-0.2, -0.15) is 5.10 Å². The van der Waals surface area contributed by atoms with Crippen molar-refractivity contribution in [1.29, 1.82) is 0 Å². The fourth-order valence-electron chi connectivity index (χ4n) is 3.37. The minimum absolute atomic E-state index is 0.0247. The molecule has 0 aliphatic carbocycles. The average molecular weight is 313 g/mol. The average Bonchev–Trinajstić information content (AvgIpc) is 3.19. The molecule has 120 valence electrons. The van der Waals surface area contributed by atoms with E-state index in [9.17, 15) is 4.79 Å². The molecule has 1 N–H and O–H groups in total. The summed E-state index contributed by atoms with van der Waals surface area (Å²) in [6, 6.07) is 3.87. The van der Waals surface area contributed by atoms with Crippen molar-refractivity contribution in [3.8, 4) is 0 Å². The lowest BCUT2D eigenvalue weighted by Crippen LogP contribution is -2.38. The summed E-state index contributed by atoms with van der Waals surface area (Å²) < 4.78 is 11.1. The minimum atomic E-state index is -0.221. The van der Waals surface area contributed by atoms with Crippen LogP contribution in [-0.4, -0.2) is 40.8 Å². The second-order valence-corrected chi connectivity index (χ2v) is 6.08. The number of aromatic nitrogens is 2. The molecule has 6 heteroatoms. The lowest BCUT2D eigenvalue weighted by molar-refractivity contribution is -0.0332. The number of nitrogens with zero attached hydrogens (tertiary/aromatic N) is 2. The number of hydrogen-bond acceptors (Lipinski definition) is 5. The van der Waals surface area contributed by atoms with Gasteiger partial charge in [-0.25, -0.2) is 4.79 Å². The highest BCUT2D eigenvalue weighted by Crippen LogP contribution is 2.32. The first-order valence-electron chi connectivity index (χ1n) is 7.83. The molecule has 0 unspecified atom stereocenters. The molecule has 0 amide bonds. The zero-order valence-corrected chi connectivity index (χ0v) is 13.0. The molecule has 4 rings (SSSR count). The van der Waals surface area contributed by atoms with Crippen LogP contribution in [0.2, 0.25) is 0 Å². The number of fused-ring (bicyclic) bond motifs is 1. The van der Waals surface area contributed by atoms with Gasteiger partial charge < -0.3 is 9.47 Å². The Bertz CT molecular complexity index is 727. The minimum Gasteiger partial charge on any atom is -0.457 e. The fourth-order valence-corrected chi connectivity index (χ4v) is 3.37. The molecule has 0 radical (unpaired) electrons. The Morgan fingerprint density at radius 3 is 3.17 bits per heavy atom. The Kier molecular flexibility index (Phi) is 3.63. The van der Waals surface area contributed by atoms with Crippen LogP contribution >= 0.6 is 0 Å². The van der Waals surface area contributed by atoms with Crippen LogP contribution in [0, 0.1) is 6.92 Å². The third-order valence-corrected chi connectivity index (χ3v) is 4.67. The number of esters is 1. The number of ether oxygens (including phenoxy) is 2. The van der Waals surface area contributed by atoms with Crippen LogP contribution in [0.25, 0.3) is 0 Å². The normalized spacial score (nSPS) is 21.3. The van der Waals surface area contributed by atoms with Crippen LogP contribution in [0.1, 0.15) is 38.7 Å². The Balaban J connectivity index is 1.55. The molecular weight excluding hydrogens is 294 g/mol. The van der Waals surface area contributed by atoms with Crippen molar-refractivity contribution < 1.29 is 14.3 Å². The molecule has 1 aromatic heterocycles. The van der Waals surface area contributed by atoms with Crippen LogP contribution in [0.4, 0.5) is 0 Å². The van der Waals surface area contributed by atoms with Gasteiger partial charge in [0, 0.05) is 37.0 Å². The molecule has 3 heterocycles. The van der Waals surface area contributed by atoms with E-state index in [0.29, 0.717) is 18.8 Å². The van der Waals surface area contributed by atoms with E-state index >= 15 is 0 Å². The molecule has 0 bridgehead atoms. The molecule has 1 aromatic carbocycles. The Labute approximate surface area is 134 Å². The van der Waals surface area contributed by atoms with Gasteiger partial charge in [-0.15, -0.1) is 0 Å². The second kappa shape index (κ2) is 5.79. The predicted molar refractivity (Wildman–Crippen MR) is 82.9 cm³/mol. The monoisotopic (exact) mass is 313 g/mol. The van der Waals surface area contributed by atoms with E-state index in [1.54, 1.807) is 0 Å². The highest BCUT2D eigenvalue weighted by atomic mass is 16.5. The smallest absolute Gasteiger partial charge is 0.338 e. The van der Waals surface area contributed by atoms with Crippen LogP contribution in [0.3, 0.4) is 0 Å². The number of cyclic esters (lactones) is 1. The third kappa shape index (κ3) is 2.64. The number of H-pyrrole nitrogens is 1. The molecular formula is C17H19N3O3. The zero-order valence-electron chi connectivity index (χ0n) is 13.0. The SMILES string of the molecule is Cc1c([C@@H]2CN(Cc3cn[nH]c3)CCO2)ccc2c1COC2=O. The lowest BCUT2D eigenvalue weighted by atomic mass is 9.94. The van der Waals surface area contributed by atoms with Crippen molar-refractivity contribution in [2.75, 3.05) is 19.7 Å². The summed E-state index contributed by atoms with van der Waals surface area (Å²) in [7, 11) is 0. The Hall–Kier alpha value is -2.18. The molecule has 2 aliphatic rings. The number of carbonyl (C=O) groups is 1. The van der Waals surface area contributed by atoms with Gasteiger partial charge in [-0.05, 0) is 24.1 Å². The standard InChI is InChI=1S/C17H19N3O3/c1-11-13(2-3-14-15(11)10-23-17(14)21)16-9-20(4-5-22-16)8-12-6-18-19-7-12/h2-3,6-7,16H,4-5,8-10H2,1H3,(H,18,19)/t16-/m0/s1.